The Morgan fingerprint density at radius 1 is 1.27 bits per heavy atom. The summed E-state index contributed by atoms with van der Waals surface area (Å²) >= 11 is 0. The number of piperidine rings is 1. The van der Waals surface area contributed by atoms with Crippen LogP contribution in [0.3, 0.4) is 0 Å². The number of hydrogen-bond acceptors (Lipinski definition) is 3. The predicted molar refractivity (Wildman–Crippen MR) is 59.7 cm³/mol. The molecule has 2 atom stereocenters. The molecule has 2 N–H and O–H groups in total. The van der Waals surface area contributed by atoms with Crippen LogP contribution in [0.15, 0.2) is 0 Å². The standard InChI is InChI=1S/C11H21N3O/c1-9-8-14(7-6-12-9)11(15)10-4-2-3-5-13-10/h9-10,12-13H,2-8H2,1H3/t9-,10+/m1/s1. The zero-order valence-electron chi connectivity index (χ0n) is 9.46. The highest BCUT2D eigenvalue weighted by Gasteiger charge is 2.27. The lowest BCUT2D eigenvalue weighted by molar-refractivity contribution is -0.135. The van der Waals surface area contributed by atoms with Crippen molar-refractivity contribution in [2.45, 2.75) is 38.3 Å². The van der Waals surface area contributed by atoms with E-state index in [1.165, 1.54) is 12.8 Å². The van der Waals surface area contributed by atoms with Crippen molar-refractivity contribution in [3.05, 3.63) is 0 Å². The fraction of sp³-hybridized carbons (Fsp3) is 0.909. The van der Waals surface area contributed by atoms with Crippen LogP contribution in [0.1, 0.15) is 26.2 Å². The van der Waals surface area contributed by atoms with Crippen molar-refractivity contribution < 1.29 is 4.79 Å². The van der Waals surface area contributed by atoms with E-state index in [1.807, 2.05) is 4.90 Å². The maximum atomic E-state index is 12.1. The monoisotopic (exact) mass is 211 g/mol. The summed E-state index contributed by atoms with van der Waals surface area (Å²) in [6, 6.07) is 0.523. The Balaban J connectivity index is 1.88. The third kappa shape index (κ3) is 2.69. The summed E-state index contributed by atoms with van der Waals surface area (Å²) in [6.45, 7) is 5.78. The summed E-state index contributed by atoms with van der Waals surface area (Å²) in [7, 11) is 0. The van der Waals surface area contributed by atoms with Crippen LogP contribution < -0.4 is 10.6 Å². The van der Waals surface area contributed by atoms with Gasteiger partial charge in [-0.15, -0.1) is 0 Å². The number of carbonyl (C=O) groups excluding carboxylic acids is 1. The van der Waals surface area contributed by atoms with Crippen LogP contribution in [-0.2, 0) is 4.79 Å². The maximum Gasteiger partial charge on any atom is 0.239 e. The second-order valence-electron chi connectivity index (χ2n) is 4.64. The van der Waals surface area contributed by atoms with Gasteiger partial charge in [-0.1, -0.05) is 6.42 Å². The molecule has 0 spiro atoms. The fourth-order valence-corrected chi connectivity index (χ4v) is 2.42. The zero-order chi connectivity index (χ0) is 10.7. The van der Waals surface area contributed by atoms with Gasteiger partial charge in [-0.2, -0.15) is 0 Å². The van der Waals surface area contributed by atoms with Crippen molar-refractivity contribution >= 4 is 5.91 Å². The Morgan fingerprint density at radius 3 is 2.80 bits per heavy atom. The minimum atomic E-state index is 0.0871. The maximum absolute atomic E-state index is 12.1. The first-order chi connectivity index (χ1) is 7.27. The molecule has 2 rings (SSSR count). The van der Waals surface area contributed by atoms with Crippen LogP contribution in [0.5, 0.6) is 0 Å². The quantitative estimate of drug-likeness (QED) is 0.639. The van der Waals surface area contributed by atoms with Gasteiger partial charge in [0, 0.05) is 25.7 Å². The summed E-state index contributed by atoms with van der Waals surface area (Å²) < 4.78 is 0. The summed E-state index contributed by atoms with van der Waals surface area (Å²) in [5, 5.41) is 6.67. The van der Waals surface area contributed by atoms with Crippen molar-refractivity contribution in [3.8, 4) is 0 Å². The van der Waals surface area contributed by atoms with Gasteiger partial charge in [0.1, 0.15) is 0 Å². The van der Waals surface area contributed by atoms with Gasteiger partial charge in [-0.25, -0.2) is 0 Å². The normalized spacial score (nSPS) is 32.7. The van der Waals surface area contributed by atoms with E-state index in [9.17, 15) is 4.79 Å². The van der Waals surface area contributed by atoms with Crippen molar-refractivity contribution in [2.24, 2.45) is 0 Å². The number of nitrogens with zero attached hydrogens (tertiary/aromatic N) is 1. The molecule has 1 amide bonds. The molecule has 0 aliphatic carbocycles. The minimum Gasteiger partial charge on any atom is -0.339 e. The third-order valence-corrected chi connectivity index (χ3v) is 3.29. The van der Waals surface area contributed by atoms with Gasteiger partial charge in [-0.3, -0.25) is 4.79 Å². The molecule has 0 aromatic carbocycles. The van der Waals surface area contributed by atoms with Crippen molar-refractivity contribution in [3.63, 3.8) is 0 Å². The number of carbonyl (C=O) groups is 1. The lowest BCUT2D eigenvalue weighted by Crippen LogP contribution is -2.56. The molecule has 0 aromatic rings. The number of hydrogen-bond donors (Lipinski definition) is 2. The first-order valence-corrected chi connectivity index (χ1v) is 6.03. The molecule has 2 aliphatic rings. The first-order valence-electron chi connectivity index (χ1n) is 6.03. The molecule has 2 fully saturated rings. The Labute approximate surface area is 91.4 Å². The molecular formula is C11H21N3O. The lowest BCUT2D eigenvalue weighted by atomic mass is 10.0. The molecule has 86 valence electrons. The van der Waals surface area contributed by atoms with Gasteiger partial charge in [0.25, 0.3) is 0 Å². The van der Waals surface area contributed by atoms with E-state index in [0.29, 0.717) is 11.9 Å². The Hall–Kier alpha value is -0.610. The molecule has 4 heteroatoms. The van der Waals surface area contributed by atoms with E-state index in [1.54, 1.807) is 0 Å². The SMILES string of the molecule is C[C@@H]1CN(C(=O)[C@@H]2CCCCN2)CCN1. The van der Waals surface area contributed by atoms with Gasteiger partial charge in [-0.05, 0) is 26.3 Å². The summed E-state index contributed by atoms with van der Waals surface area (Å²) in [6.07, 6.45) is 3.41. The molecular weight excluding hydrogens is 190 g/mol. The average molecular weight is 211 g/mol. The van der Waals surface area contributed by atoms with Gasteiger partial charge in [0.2, 0.25) is 5.91 Å². The minimum absolute atomic E-state index is 0.0871. The number of amides is 1. The third-order valence-electron chi connectivity index (χ3n) is 3.29. The van der Waals surface area contributed by atoms with Crippen molar-refractivity contribution in [1.82, 2.24) is 15.5 Å². The zero-order valence-corrected chi connectivity index (χ0v) is 9.46. The highest BCUT2D eigenvalue weighted by Crippen LogP contribution is 2.11. The molecule has 2 aliphatic heterocycles. The molecule has 4 nitrogen and oxygen atoms in total. The number of nitrogens with one attached hydrogen (secondary N) is 2. The second kappa shape index (κ2) is 4.94. The Bertz CT molecular complexity index is 226. The predicted octanol–water partition coefficient (Wildman–Crippen LogP) is -0.0512. The Morgan fingerprint density at radius 2 is 2.13 bits per heavy atom. The summed E-state index contributed by atoms with van der Waals surface area (Å²) in [5.41, 5.74) is 0. The molecule has 0 unspecified atom stereocenters. The van der Waals surface area contributed by atoms with Gasteiger partial charge in [0.15, 0.2) is 0 Å². The van der Waals surface area contributed by atoms with Crippen LogP contribution in [-0.4, -0.2) is 49.1 Å². The van der Waals surface area contributed by atoms with Gasteiger partial charge in [0.05, 0.1) is 6.04 Å². The first kappa shape index (κ1) is 10.9. The van der Waals surface area contributed by atoms with Crippen LogP contribution in [0.2, 0.25) is 0 Å². The highest BCUT2D eigenvalue weighted by atomic mass is 16.2. The van der Waals surface area contributed by atoms with E-state index in [-0.39, 0.29) is 6.04 Å². The van der Waals surface area contributed by atoms with Crippen molar-refractivity contribution in [2.75, 3.05) is 26.2 Å². The molecule has 0 radical (unpaired) electrons. The smallest absolute Gasteiger partial charge is 0.239 e. The highest BCUT2D eigenvalue weighted by molar-refractivity contribution is 5.82. The molecule has 0 saturated carbocycles. The van der Waals surface area contributed by atoms with E-state index >= 15 is 0 Å². The van der Waals surface area contributed by atoms with Gasteiger partial charge < -0.3 is 15.5 Å². The van der Waals surface area contributed by atoms with E-state index in [0.717, 1.165) is 32.6 Å². The summed E-state index contributed by atoms with van der Waals surface area (Å²) in [5.74, 6) is 0.308. The lowest BCUT2D eigenvalue weighted by Gasteiger charge is -2.35. The van der Waals surface area contributed by atoms with Crippen LogP contribution in [0.4, 0.5) is 0 Å². The Kier molecular flexibility index (Phi) is 3.59. The van der Waals surface area contributed by atoms with Gasteiger partial charge >= 0.3 is 0 Å². The van der Waals surface area contributed by atoms with E-state index < -0.39 is 0 Å². The summed E-state index contributed by atoms with van der Waals surface area (Å²) in [4.78, 5) is 14.1. The van der Waals surface area contributed by atoms with Crippen LogP contribution >= 0.6 is 0 Å². The number of rotatable bonds is 1. The number of piperazine rings is 1. The van der Waals surface area contributed by atoms with E-state index in [2.05, 4.69) is 17.6 Å². The fourth-order valence-electron chi connectivity index (χ4n) is 2.42. The van der Waals surface area contributed by atoms with Crippen LogP contribution in [0, 0.1) is 0 Å². The molecule has 2 heterocycles. The molecule has 0 bridgehead atoms. The topological polar surface area (TPSA) is 44.4 Å². The molecule has 0 aromatic heterocycles. The molecule has 15 heavy (non-hydrogen) atoms. The van der Waals surface area contributed by atoms with Crippen molar-refractivity contribution in [1.29, 1.82) is 0 Å². The van der Waals surface area contributed by atoms with E-state index in [4.69, 9.17) is 0 Å². The average Bonchev–Trinajstić information content (AvgIpc) is 2.29. The largest absolute Gasteiger partial charge is 0.339 e. The molecule has 2 saturated heterocycles. The second-order valence-corrected chi connectivity index (χ2v) is 4.64. The van der Waals surface area contributed by atoms with Crippen LogP contribution in [0.25, 0.3) is 0 Å².